The normalized spacial score (nSPS) is 12.5. The number of aliphatic hydroxyl groups excluding tert-OH is 1. The summed E-state index contributed by atoms with van der Waals surface area (Å²) in [5.74, 6) is 0. The monoisotopic (exact) mass is 326 g/mol. The molecule has 1 unspecified atom stereocenters. The highest BCUT2D eigenvalue weighted by Gasteiger charge is 2.13. The maximum Gasteiger partial charge on any atom is 0.0841 e. The smallest absolute Gasteiger partial charge is 0.0841 e. The summed E-state index contributed by atoms with van der Waals surface area (Å²) < 4.78 is 0.985. The first-order valence-corrected chi connectivity index (χ1v) is 7.44. The molecule has 0 bridgehead atoms. The second-order valence-corrected chi connectivity index (χ2v) is 5.69. The molecular weight excluding hydrogens is 312 g/mol. The van der Waals surface area contributed by atoms with Gasteiger partial charge in [0, 0.05) is 10.9 Å². The van der Waals surface area contributed by atoms with Gasteiger partial charge in [-0.1, -0.05) is 66.7 Å². The number of hydrogen-bond donors (Lipinski definition) is 1. The minimum Gasteiger partial charge on any atom is -0.388 e. The van der Waals surface area contributed by atoms with Gasteiger partial charge in [-0.05, 0) is 37.8 Å². The standard InChI is InChI=1S/C18H15BrO/c19-18-15-9-5-4-8-14(15)10-11-16(18)17(20)12-13-6-2-1-3-7-13/h1-11,17,20H,12H2. The van der Waals surface area contributed by atoms with Crippen molar-refractivity contribution in [1.29, 1.82) is 0 Å². The summed E-state index contributed by atoms with van der Waals surface area (Å²) in [4.78, 5) is 0. The number of fused-ring (bicyclic) bond motifs is 1. The molecule has 0 spiro atoms. The van der Waals surface area contributed by atoms with Crippen LogP contribution in [-0.2, 0) is 6.42 Å². The Morgan fingerprint density at radius 2 is 1.55 bits per heavy atom. The maximum absolute atomic E-state index is 10.5. The van der Waals surface area contributed by atoms with Crippen molar-refractivity contribution in [2.24, 2.45) is 0 Å². The van der Waals surface area contributed by atoms with Gasteiger partial charge in [0.05, 0.1) is 6.10 Å². The van der Waals surface area contributed by atoms with Crippen LogP contribution in [0.4, 0.5) is 0 Å². The topological polar surface area (TPSA) is 20.2 Å². The Labute approximate surface area is 127 Å². The van der Waals surface area contributed by atoms with Gasteiger partial charge in [0.15, 0.2) is 0 Å². The van der Waals surface area contributed by atoms with Crippen LogP contribution < -0.4 is 0 Å². The van der Waals surface area contributed by atoms with E-state index >= 15 is 0 Å². The quantitative estimate of drug-likeness (QED) is 0.727. The lowest BCUT2D eigenvalue weighted by Crippen LogP contribution is -2.03. The van der Waals surface area contributed by atoms with Crippen LogP contribution in [0, 0.1) is 0 Å². The second-order valence-electron chi connectivity index (χ2n) is 4.90. The summed E-state index contributed by atoms with van der Waals surface area (Å²) in [6.45, 7) is 0. The zero-order valence-electron chi connectivity index (χ0n) is 11.0. The number of rotatable bonds is 3. The van der Waals surface area contributed by atoms with E-state index in [-0.39, 0.29) is 0 Å². The van der Waals surface area contributed by atoms with Gasteiger partial charge >= 0.3 is 0 Å². The van der Waals surface area contributed by atoms with E-state index in [9.17, 15) is 5.11 Å². The van der Waals surface area contributed by atoms with Crippen molar-refractivity contribution in [1.82, 2.24) is 0 Å². The Balaban J connectivity index is 1.95. The van der Waals surface area contributed by atoms with Gasteiger partial charge < -0.3 is 5.11 Å². The third kappa shape index (κ3) is 2.62. The van der Waals surface area contributed by atoms with Crippen LogP contribution >= 0.6 is 15.9 Å². The van der Waals surface area contributed by atoms with Gasteiger partial charge in [-0.15, -0.1) is 0 Å². The minimum atomic E-state index is -0.503. The molecule has 0 saturated heterocycles. The average Bonchev–Trinajstić information content (AvgIpc) is 2.49. The Morgan fingerprint density at radius 3 is 2.35 bits per heavy atom. The summed E-state index contributed by atoms with van der Waals surface area (Å²) in [5, 5.41) is 12.8. The maximum atomic E-state index is 10.5. The lowest BCUT2D eigenvalue weighted by atomic mass is 9.99. The zero-order chi connectivity index (χ0) is 13.9. The third-order valence-electron chi connectivity index (χ3n) is 3.52. The molecule has 0 aliphatic heterocycles. The van der Waals surface area contributed by atoms with E-state index in [2.05, 4.69) is 34.1 Å². The van der Waals surface area contributed by atoms with Crippen LogP contribution in [0.2, 0.25) is 0 Å². The fourth-order valence-corrected chi connectivity index (χ4v) is 3.21. The lowest BCUT2D eigenvalue weighted by Gasteiger charge is -2.14. The van der Waals surface area contributed by atoms with E-state index in [1.54, 1.807) is 0 Å². The fourth-order valence-electron chi connectivity index (χ4n) is 2.46. The SMILES string of the molecule is OC(Cc1ccccc1)c1ccc2ccccc2c1Br. The van der Waals surface area contributed by atoms with E-state index in [0.717, 1.165) is 21.0 Å². The predicted molar refractivity (Wildman–Crippen MR) is 86.8 cm³/mol. The highest BCUT2D eigenvalue weighted by molar-refractivity contribution is 9.10. The first-order chi connectivity index (χ1) is 9.75. The van der Waals surface area contributed by atoms with Gasteiger partial charge in [0.2, 0.25) is 0 Å². The summed E-state index contributed by atoms with van der Waals surface area (Å²) in [6.07, 6.45) is 0.119. The number of halogens is 1. The molecule has 3 aromatic rings. The number of hydrogen-bond acceptors (Lipinski definition) is 1. The fraction of sp³-hybridized carbons (Fsp3) is 0.111. The predicted octanol–water partition coefficient (Wildman–Crippen LogP) is 4.88. The van der Waals surface area contributed by atoms with Crippen molar-refractivity contribution < 1.29 is 5.11 Å². The van der Waals surface area contributed by atoms with E-state index in [1.165, 1.54) is 5.39 Å². The Kier molecular flexibility index (Phi) is 3.86. The highest BCUT2D eigenvalue weighted by atomic mass is 79.9. The van der Waals surface area contributed by atoms with Gasteiger partial charge in [-0.3, -0.25) is 0 Å². The molecule has 0 amide bonds. The van der Waals surface area contributed by atoms with Crippen LogP contribution in [0.25, 0.3) is 10.8 Å². The van der Waals surface area contributed by atoms with E-state index in [4.69, 9.17) is 0 Å². The Morgan fingerprint density at radius 1 is 0.850 bits per heavy atom. The van der Waals surface area contributed by atoms with Crippen molar-refractivity contribution in [3.63, 3.8) is 0 Å². The van der Waals surface area contributed by atoms with Crippen molar-refractivity contribution in [2.75, 3.05) is 0 Å². The molecule has 2 heteroatoms. The minimum absolute atomic E-state index is 0.503. The summed E-state index contributed by atoms with van der Waals surface area (Å²) >= 11 is 3.64. The molecular formula is C18H15BrO. The van der Waals surface area contributed by atoms with Crippen LogP contribution in [-0.4, -0.2) is 5.11 Å². The van der Waals surface area contributed by atoms with Crippen LogP contribution in [0.3, 0.4) is 0 Å². The molecule has 100 valence electrons. The summed E-state index contributed by atoms with van der Waals surface area (Å²) in [6, 6.07) is 22.3. The molecule has 0 fully saturated rings. The van der Waals surface area contributed by atoms with E-state index in [0.29, 0.717) is 6.42 Å². The molecule has 0 radical (unpaired) electrons. The van der Waals surface area contributed by atoms with Crippen LogP contribution in [0.1, 0.15) is 17.2 Å². The average molecular weight is 327 g/mol. The summed E-state index contributed by atoms with van der Waals surface area (Å²) in [5.41, 5.74) is 2.08. The number of aliphatic hydroxyl groups is 1. The van der Waals surface area contributed by atoms with Crippen molar-refractivity contribution in [3.05, 3.63) is 82.3 Å². The number of benzene rings is 3. The van der Waals surface area contributed by atoms with Gasteiger partial charge in [-0.25, -0.2) is 0 Å². The Bertz CT molecular complexity index is 722. The molecule has 3 rings (SSSR count). The van der Waals surface area contributed by atoms with Gasteiger partial charge in [0.1, 0.15) is 0 Å². The Hall–Kier alpha value is -1.64. The van der Waals surface area contributed by atoms with Gasteiger partial charge in [0.25, 0.3) is 0 Å². The first kappa shape index (κ1) is 13.3. The van der Waals surface area contributed by atoms with Crippen LogP contribution in [0.5, 0.6) is 0 Å². The molecule has 20 heavy (non-hydrogen) atoms. The second kappa shape index (κ2) is 5.78. The van der Waals surface area contributed by atoms with E-state index < -0.39 is 6.10 Å². The lowest BCUT2D eigenvalue weighted by molar-refractivity contribution is 0.178. The van der Waals surface area contributed by atoms with Gasteiger partial charge in [-0.2, -0.15) is 0 Å². The highest BCUT2D eigenvalue weighted by Crippen LogP contribution is 2.32. The largest absolute Gasteiger partial charge is 0.388 e. The molecule has 1 N–H and O–H groups in total. The van der Waals surface area contributed by atoms with Crippen molar-refractivity contribution in [2.45, 2.75) is 12.5 Å². The molecule has 1 atom stereocenters. The molecule has 0 aromatic heterocycles. The zero-order valence-corrected chi connectivity index (χ0v) is 12.5. The molecule has 0 aliphatic rings. The van der Waals surface area contributed by atoms with Crippen molar-refractivity contribution >= 4 is 26.7 Å². The molecule has 0 heterocycles. The van der Waals surface area contributed by atoms with Crippen LogP contribution in [0.15, 0.2) is 71.2 Å². The van der Waals surface area contributed by atoms with E-state index in [1.807, 2.05) is 48.5 Å². The molecule has 3 aromatic carbocycles. The molecule has 1 nitrogen and oxygen atoms in total. The van der Waals surface area contributed by atoms with Crippen molar-refractivity contribution in [3.8, 4) is 0 Å². The molecule has 0 saturated carbocycles. The first-order valence-electron chi connectivity index (χ1n) is 6.65. The summed E-state index contributed by atoms with van der Waals surface area (Å²) in [7, 11) is 0. The molecule has 0 aliphatic carbocycles. The third-order valence-corrected chi connectivity index (χ3v) is 4.41.